The van der Waals surface area contributed by atoms with Gasteiger partial charge in [0, 0.05) is 63.9 Å². The van der Waals surface area contributed by atoms with Crippen molar-refractivity contribution in [2.45, 2.75) is 45.0 Å². The number of hydrogen-bond donors (Lipinski definition) is 3. The number of rotatable bonds is 6. The Hall–Kier alpha value is -3.53. The molecule has 2 aliphatic heterocycles. The molecular formula is C24H38F2N10O. The predicted octanol–water partition coefficient (Wildman–Crippen LogP) is 2.45. The maximum Gasteiger partial charge on any atom is 0.267 e. The number of amides is 1. The van der Waals surface area contributed by atoms with Gasteiger partial charge in [-0.15, -0.1) is 12.8 Å². The van der Waals surface area contributed by atoms with E-state index in [1.54, 1.807) is 7.05 Å². The summed E-state index contributed by atoms with van der Waals surface area (Å²) in [6.07, 6.45) is 10.8. The molecule has 1 saturated carbocycles. The highest BCUT2D eigenvalue weighted by Gasteiger charge is 2.39. The molecule has 1 amide bonds. The van der Waals surface area contributed by atoms with Crippen molar-refractivity contribution < 1.29 is 13.6 Å². The van der Waals surface area contributed by atoms with Crippen molar-refractivity contribution in [3.8, 4) is 12.8 Å². The normalized spacial score (nSPS) is 18.3. The number of halogens is 2. The lowest BCUT2D eigenvalue weighted by Gasteiger charge is -2.32. The second-order valence-electron chi connectivity index (χ2n) is 8.59. The average Bonchev–Trinajstić information content (AvgIpc) is 3.56. The molecule has 2 aromatic heterocycles. The standard InChI is InChI=1S/C18H25F2N9.C2H5NO.C2H6.C2H2/c1-27-6-8-28(9-7-27)16-22-15(21-14-10-13(25-26-14)12-2-3-12)23-17(24-16)29-5-4-18(19,20)11-29;1-3-2-4;2*1-2/h10,12H,2-9,11H2,1H3,(H2,21,22,23,24,25,26);2H,1H3,(H,3,4);1-2H3;1-2H. The van der Waals surface area contributed by atoms with E-state index in [4.69, 9.17) is 4.79 Å². The fourth-order valence-electron chi connectivity index (χ4n) is 3.72. The highest BCUT2D eigenvalue weighted by Crippen LogP contribution is 2.39. The summed E-state index contributed by atoms with van der Waals surface area (Å²) in [5, 5.41) is 12.7. The van der Waals surface area contributed by atoms with Crippen LogP contribution in [-0.4, -0.2) is 95.7 Å². The lowest BCUT2D eigenvalue weighted by molar-refractivity contribution is -0.109. The van der Waals surface area contributed by atoms with Crippen LogP contribution in [0.15, 0.2) is 6.07 Å². The highest BCUT2D eigenvalue weighted by atomic mass is 19.3. The second-order valence-corrected chi connectivity index (χ2v) is 8.59. The van der Waals surface area contributed by atoms with Crippen LogP contribution in [0.4, 0.5) is 32.4 Å². The van der Waals surface area contributed by atoms with Gasteiger partial charge in [-0.25, -0.2) is 8.78 Å². The van der Waals surface area contributed by atoms with Crippen molar-refractivity contribution in [1.29, 1.82) is 0 Å². The van der Waals surface area contributed by atoms with Gasteiger partial charge in [0.2, 0.25) is 24.3 Å². The van der Waals surface area contributed by atoms with Crippen LogP contribution in [0.1, 0.15) is 44.7 Å². The van der Waals surface area contributed by atoms with Crippen LogP contribution in [0.2, 0.25) is 0 Å². The van der Waals surface area contributed by atoms with Crippen molar-refractivity contribution in [2.75, 3.05) is 68.5 Å². The van der Waals surface area contributed by atoms with Crippen molar-refractivity contribution in [2.24, 2.45) is 0 Å². The van der Waals surface area contributed by atoms with Crippen LogP contribution >= 0.6 is 0 Å². The number of hydrogen-bond acceptors (Lipinski definition) is 9. The number of piperazine rings is 1. The Morgan fingerprint density at radius 3 is 2.16 bits per heavy atom. The van der Waals surface area contributed by atoms with Gasteiger partial charge in [0.1, 0.15) is 0 Å². The Balaban J connectivity index is 0.000000541. The van der Waals surface area contributed by atoms with Gasteiger partial charge in [0.05, 0.1) is 6.54 Å². The molecule has 5 rings (SSSR count). The number of nitrogens with zero attached hydrogens (tertiary/aromatic N) is 7. The zero-order valence-electron chi connectivity index (χ0n) is 22.0. The molecule has 2 saturated heterocycles. The van der Waals surface area contributed by atoms with E-state index in [1.165, 1.54) is 17.7 Å². The number of aromatic nitrogens is 5. The Kier molecular flexibility index (Phi) is 11.5. The Labute approximate surface area is 217 Å². The fraction of sp³-hybridized carbons (Fsp3) is 0.625. The van der Waals surface area contributed by atoms with Gasteiger partial charge in [-0.1, -0.05) is 13.8 Å². The van der Waals surface area contributed by atoms with Crippen LogP contribution in [0, 0.1) is 12.8 Å². The average molecular weight is 521 g/mol. The molecule has 0 atom stereocenters. The topological polar surface area (TPSA) is 118 Å². The number of anilines is 4. The van der Waals surface area contributed by atoms with E-state index in [9.17, 15) is 8.78 Å². The maximum absolute atomic E-state index is 13.8. The molecule has 13 heteroatoms. The quantitative estimate of drug-likeness (QED) is 0.390. The summed E-state index contributed by atoms with van der Waals surface area (Å²) in [6.45, 7) is 7.22. The van der Waals surface area contributed by atoms with Crippen molar-refractivity contribution in [3.63, 3.8) is 0 Å². The summed E-state index contributed by atoms with van der Waals surface area (Å²) in [5.74, 6) is -0.409. The van der Waals surface area contributed by atoms with E-state index in [0.717, 1.165) is 31.9 Å². The van der Waals surface area contributed by atoms with Crippen LogP contribution in [0.25, 0.3) is 0 Å². The molecular weight excluding hydrogens is 482 g/mol. The molecule has 3 aliphatic rings. The van der Waals surface area contributed by atoms with E-state index in [2.05, 4.69) is 65.5 Å². The molecule has 204 valence electrons. The molecule has 37 heavy (non-hydrogen) atoms. The fourth-order valence-corrected chi connectivity index (χ4v) is 3.72. The third kappa shape index (κ3) is 8.82. The molecule has 3 fully saturated rings. The molecule has 1 aliphatic carbocycles. The molecule has 0 radical (unpaired) electrons. The summed E-state index contributed by atoms with van der Waals surface area (Å²) in [6, 6.07) is 1.96. The van der Waals surface area contributed by atoms with E-state index >= 15 is 0 Å². The van der Waals surface area contributed by atoms with Gasteiger partial charge in [0.15, 0.2) is 5.82 Å². The Morgan fingerprint density at radius 1 is 1.05 bits per heavy atom. The molecule has 2 aromatic rings. The number of H-pyrrole nitrogens is 1. The van der Waals surface area contributed by atoms with Gasteiger partial charge in [-0.05, 0) is 19.9 Å². The zero-order valence-corrected chi connectivity index (χ0v) is 22.0. The van der Waals surface area contributed by atoms with Crippen molar-refractivity contribution in [1.82, 2.24) is 35.4 Å². The minimum Gasteiger partial charge on any atom is -0.362 e. The summed E-state index contributed by atoms with van der Waals surface area (Å²) in [5.41, 5.74) is 1.10. The van der Waals surface area contributed by atoms with Crippen LogP contribution in [0.3, 0.4) is 0 Å². The zero-order chi connectivity index (χ0) is 27.4. The summed E-state index contributed by atoms with van der Waals surface area (Å²) < 4.78 is 27.5. The van der Waals surface area contributed by atoms with Gasteiger partial charge >= 0.3 is 0 Å². The Morgan fingerprint density at radius 2 is 1.65 bits per heavy atom. The van der Waals surface area contributed by atoms with E-state index in [1.807, 2.05) is 19.9 Å². The second kappa shape index (κ2) is 14.3. The van der Waals surface area contributed by atoms with Gasteiger partial charge in [-0.2, -0.15) is 20.1 Å². The SMILES string of the molecule is C#C.CC.CN1CCN(c2nc(Nc3cc(C4CC4)[nH]n3)nc(N3CCC(F)(F)C3)n2)CC1.CNC=O. The molecule has 0 aromatic carbocycles. The maximum atomic E-state index is 13.8. The molecule has 0 unspecified atom stereocenters. The molecule has 0 bridgehead atoms. The smallest absolute Gasteiger partial charge is 0.267 e. The monoisotopic (exact) mass is 520 g/mol. The lowest BCUT2D eigenvalue weighted by Crippen LogP contribution is -2.45. The summed E-state index contributed by atoms with van der Waals surface area (Å²) in [7, 11) is 3.64. The number of terminal acetylenes is 1. The van der Waals surface area contributed by atoms with E-state index in [-0.39, 0.29) is 25.5 Å². The van der Waals surface area contributed by atoms with Gasteiger partial charge in [0.25, 0.3) is 5.92 Å². The van der Waals surface area contributed by atoms with E-state index in [0.29, 0.717) is 30.0 Å². The minimum absolute atomic E-state index is 0.185. The first-order valence-electron chi connectivity index (χ1n) is 12.5. The van der Waals surface area contributed by atoms with Gasteiger partial charge in [-0.3, -0.25) is 9.89 Å². The first-order valence-corrected chi connectivity index (χ1v) is 12.5. The summed E-state index contributed by atoms with van der Waals surface area (Å²) in [4.78, 5) is 28.4. The summed E-state index contributed by atoms with van der Waals surface area (Å²) >= 11 is 0. The number of alkyl halides is 2. The first kappa shape index (κ1) is 29.7. The molecule has 3 N–H and O–H groups in total. The van der Waals surface area contributed by atoms with Gasteiger partial charge < -0.3 is 25.3 Å². The molecule has 11 nitrogen and oxygen atoms in total. The van der Waals surface area contributed by atoms with E-state index < -0.39 is 5.92 Å². The first-order chi connectivity index (χ1) is 17.9. The predicted molar refractivity (Wildman–Crippen MR) is 142 cm³/mol. The largest absolute Gasteiger partial charge is 0.362 e. The number of likely N-dealkylation sites (N-methyl/N-ethyl adjacent to an activating group) is 1. The lowest BCUT2D eigenvalue weighted by atomic mass is 10.3. The number of carbonyl (C=O) groups excluding carboxylic acids is 1. The number of carbonyl (C=O) groups is 1. The third-order valence-corrected chi connectivity index (χ3v) is 5.82. The Bertz CT molecular complexity index is 987. The molecule has 4 heterocycles. The number of aromatic amines is 1. The van der Waals surface area contributed by atoms with Crippen LogP contribution in [-0.2, 0) is 4.79 Å². The minimum atomic E-state index is -2.71. The van der Waals surface area contributed by atoms with Crippen LogP contribution in [0.5, 0.6) is 0 Å². The van der Waals surface area contributed by atoms with Crippen molar-refractivity contribution >= 4 is 30.1 Å². The van der Waals surface area contributed by atoms with Crippen LogP contribution < -0.4 is 20.4 Å². The molecule has 0 spiro atoms. The third-order valence-electron chi connectivity index (χ3n) is 5.82. The number of nitrogens with one attached hydrogen (secondary N) is 3. The van der Waals surface area contributed by atoms with Crippen molar-refractivity contribution in [3.05, 3.63) is 11.8 Å². The highest BCUT2D eigenvalue weighted by molar-refractivity contribution is 5.54.